The van der Waals surface area contributed by atoms with E-state index < -0.39 is 6.23 Å². The molecule has 0 radical (unpaired) electrons. The Balaban J connectivity index is 1.69. The second kappa shape index (κ2) is 9.50. The molecular weight excluding hydrogens is 360 g/mol. The average molecular weight is 389 g/mol. The number of benzene rings is 3. The van der Waals surface area contributed by atoms with Gasteiger partial charge in [0.05, 0.1) is 0 Å². The summed E-state index contributed by atoms with van der Waals surface area (Å²) in [6.07, 6.45) is 0.288. The summed E-state index contributed by atoms with van der Waals surface area (Å²) in [5, 5.41) is 12.8. The van der Waals surface area contributed by atoms with Crippen LogP contribution in [-0.4, -0.2) is 17.2 Å². The summed E-state index contributed by atoms with van der Waals surface area (Å²) in [6.45, 7) is 2.61. The van der Waals surface area contributed by atoms with Crippen molar-refractivity contribution in [2.24, 2.45) is 5.73 Å². The van der Waals surface area contributed by atoms with Crippen LogP contribution in [0.1, 0.15) is 40.4 Å². The first-order valence-corrected chi connectivity index (χ1v) is 9.86. The molecule has 2 atom stereocenters. The Bertz CT molecular complexity index is 909. The van der Waals surface area contributed by atoms with Gasteiger partial charge in [-0.15, -0.1) is 0 Å². The van der Waals surface area contributed by atoms with Crippen LogP contribution in [-0.2, 0) is 18.4 Å². The second-order valence-electron chi connectivity index (χ2n) is 7.74. The second-order valence-corrected chi connectivity index (χ2v) is 7.74. The SMILES string of the molecule is CC(Cc1ccc(C(=O)NCc2ccccc2)cc1)(C[C@H](N)O)c1ccccc1. The van der Waals surface area contributed by atoms with Crippen molar-refractivity contribution in [1.82, 2.24) is 5.32 Å². The predicted molar refractivity (Wildman–Crippen MR) is 116 cm³/mol. The van der Waals surface area contributed by atoms with Gasteiger partial charge < -0.3 is 16.2 Å². The van der Waals surface area contributed by atoms with Gasteiger partial charge in [0.1, 0.15) is 6.23 Å². The lowest BCUT2D eigenvalue weighted by molar-refractivity contribution is 0.0951. The number of carbonyl (C=O) groups excluding carboxylic acids is 1. The van der Waals surface area contributed by atoms with Crippen LogP contribution in [0, 0.1) is 0 Å². The Labute approximate surface area is 172 Å². The summed E-state index contributed by atoms with van der Waals surface area (Å²) < 4.78 is 0. The summed E-state index contributed by atoms with van der Waals surface area (Å²) in [4.78, 5) is 12.4. The van der Waals surface area contributed by atoms with Crippen LogP contribution in [0.5, 0.6) is 0 Å². The van der Waals surface area contributed by atoms with E-state index in [-0.39, 0.29) is 11.3 Å². The summed E-state index contributed by atoms with van der Waals surface area (Å²) in [5.41, 5.74) is 9.34. The smallest absolute Gasteiger partial charge is 0.251 e. The summed E-state index contributed by atoms with van der Waals surface area (Å²) in [6, 6.07) is 27.6. The van der Waals surface area contributed by atoms with E-state index in [1.165, 1.54) is 0 Å². The lowest BCUT2D eigenvalue weighted by Gasteiger charge is -2.31. The van der Waals surface area contributed by atoms with Gasteiger partial charge in [-0.25, -0.2) is 0 Å². The van der Waals surface area contributed by atoms with Gasteiger partial charge in [-0.3, -0.25) is 4.79 Å². The summed E-state index contributed by atoms with van der Waals surface area (Å²) in [7, 11) is 0. The predicted octanol–water partition coefficient (Wildman–Crippen LogP) is 3.78. The summed E-state index contributed by atoms with van der Waals surface area (Å²) >= 11 is 0. The van der Waals surface area contributed by atoms with Crippen molar-refractivity contribution < 1.29 is 9.90 Å². The first kappa shape index (κ1) is 20.8. The first-order chi connectivity index (χ1) is 14.0. The molecule has 0 saturated heterocycles. The highest BCUT2D eigenvalue weighted by molar-refractivity contribution is 5.94. The molecule has 0 aliphatic heterocycles. The zero-order chi connectivity index (χ0) is 20.7. The van der Waals surface area contributed by atoms with Crippen LogP contribution in [0.3, 0.4) is 0 Å². The zero-order valence-corrected chi connectivity index (χ0v) is 16.7. The fourth-order valence-corrected chi connectivity index (χ4v) is 3.70. The van der Waals surface area contributed by atoms with Gasteiger partial charge >= 0.3 is 0 Å². The number of nitrogens with two attached hydrogens (primary N) is 1. The molecule has 0 saturated carbocycles. The van der Waals surface area contributed by atoms with Gasteiger partial charge in [0.2, 0.25) is 0 Å². The van der Waals surface area contributed by atoms with Gasteiger partial charge in [-0.05, 0) is 41.7 Å². The molecule has 0 aliphatic carbocycles. The minimum atomic E-state index is -0.886. The fraction of sp³-hybridized carbons (Fsp3) is 0.240. The Morgan fingerprint density at radius 2 is 1.52 bits per heavy atom. The molecule has 29 heavy (non-hydrogen) atoms. The average Bonchev–Trinajstić information content (AvgIpc) is 2.73. The molecule has 0 heterocycles. The number of aliphatic hydroxyl groups is 1. The largest absolute Gasteiger partial charge is 0.379 e. The maximum absolute atomic E-state index is 12.4. The highest BCUT2D eigenvalue weighted by Crippen LogP contribution is 2.32. The molecule has 0 spiro atoms. The number of aliphatic hydroxyl groups excluding tert-OH is 1. The highest BCUT2D eigenvalue weighted by atomic mass is 16.3. The van der Waals surface area contributed by atoms with Crippen LogP contribution in [0.15, 0.2) is 84.9 Å². The molecule has 3 aromatic carbocycles. The number of rotatable bonds is 8. The Hall–Kier alpha value is -2.95. The molecule has 3 aromatic rings. The Morgan fingerprint density at radius 3 is 2.10 bits per heavy atom. The molecule has 4 nitrogen and oxygen atoms in total. The quantitative estimate of drug-likeness (QED) is 0.514. The van der Waals surface area contributed by atoms with E-state index in [1.54, 1.807) is 0 Å². The van der Waals surface area contributed by atoms with E-state index in [9.17, 15) is 9.90 Å². The van der Waals surface area contributed by atoms with Crippen molar-refractivity contribution in [1.29, 1.82) is 0 Å². The van der Waals surface area contributed by atoms with Crippen LogP contribution in [0.2, 0.25) is 0 Å². The molecule has 0 fully saturated rings. The van der Waals surface area contributed by atoms with E-state index >= 15 is 0 Å². The van der Waals surface area contributed by atoms with E-state index in [0.717, 1.165) is 23.1 Å². The van der Waals surface area contributed by atoms with Gasteiger partial charge in [0, 0.05) is 17.5 Å². The molecular formula is C25H28N2O2. The van der Waals surface area contributed by atoms with E-state index in [1.807, 2.05) is 72.8 Å². The highest BCUT2D eigenvalue weighted by Gasteiger charge is 2.29. The zero-order valence-electron chi connectivity index (χ0n) is 16.7. The minimum Gasteiger partial charge on any atom is -0.379 e. The normalized spacial score (nSPS) is 14.0. The van der Waals surface area contributed by atoms with E-state index in [4.69, 9.17) is 5.73 Å². The third-order valence-corrected chi connectivity index (χ3v) is 5.24. The van der Waals surface area contributed by atoms with Crippen LogP contribution >= 0.6 is 0 Å². The van der Waals surface area contributed by atoms with Crippen LogP contribution in [0.4, 0.5) is 0 Å². The van der Waals surface area contributed by atoms with Gasteiger partial charge in [0.15, 0.2) is 0 Å². The first-order valence-electron chi connectivity index (χ1n) is 9.86. The van der Waals surface area contributed by atoms with Gasteiger partial charge in [-0.1, -0.05) is 79.7 Å². The topological polar surface area (TPSA) is 75.4 Å². The lowest BCUT2D eigenvalue weighted by Crippen LogP contribution is -2.34. The van der Waals surface area contributed by atoms with Crippen molar-refractivity contribution in [3.05, 3.63) is 107 Å². The van der Waals surface area contributed by atoms with Crippen molar-refractivity contribution in [2.75, 3.05) is 0 Å². The number of amides is 1. The summed E-state index contributed by atoms with van der Waals surface area (Å²) in [5.74, 6) is -0.0939. The Kier molecular flexibility index (Phi) is 6.81. The van der Waals surface area contributed by atoms with Crippen molar-refractivity contribution in [2.45, 2.75) is 38.0 Å². The molecule has 0 aliphatic rings. The standard InChI is InChI=1S/C25H28N2O2/c1-25(17-23(26)28,22-10-6-3-7-11-22)16-19-12-14-21(15-13-19)24(29)27-18-20-8-4-2-5-9-20/h2-15,23,28H,16-18,26H2,1H3,(H,27,29)/t23-,25?/m1/s1. The monoisotopic (exact) mass is 388 g/mol. The number of carbonyl (C=O) groups is 1. The maximum atomic E-state index is 12.4. The van der Waals surface area contributed by atoms with Crippen molar-refractivity contribution >= 4 is 5.91 Å². The number of hydrogen-bond acceptors (Lipinski definition) is 3. The molecule has 3 rings (SSSR count). The van der Waals surface area contributed by atoms with E-state index in [2.05, 4.69) is 24.4 Å². The van der Waals surface area contributed by atoms with Gasteiger partial charge in [-0.2, -0.15) is 0 Å². The van der Waals surface area contributed by atoms with Crippen LogP contribution in [0.25, 0.3) is 0 Å². The molecule has 4 N–H and O–H groups in total. The fourth-order valence-electron chi connectivity index (χ4n) is 3.70. The van der Waals surface area contributed by atoms with E-state index in [0.29, 0.717) is 18.5 Å². The molecule has 1 amide bonds. The third-order valence-electron chi connectivity index (χ3n) is 5.24. The molecule has 150 valence electrons. The molecule has 0 bridgehead atoms. The minimum absolute atomic E-state index is 0.0939. The molecule has 1 unspecified atom stereocenters. The van der Waals surface area contributed by atoms with Crippen molar-refractivity contribution in [3.8, 4) is 0 Å². The molecule has 0 aromatic heterocycles. The van der Waals surface area contributed by atoms with Gasteiger partial charge in [0.25, 0.3) is 5.91 Å². The number of nitrogens with one attached hydrogen (secondary N) is 1. The van der Waals surface area contributed by atoms with Crippen molar-refractivity contribution in [3.63, 3.8) is 0 Å². The molecule has 4 heteroatoms. The lowest BCUT2D eigenvalue weighted by atomic mass is 9.74. The third kappa shape index (κ3) is 5.76. The van der Waals surface area contributed by atoms with Crippen LogP contribution < -0.4 is 11.1 Å². The Morgan fingerprint density at radius 1 is 0.931 bits per heavy atom. The maximum Gasteiger partial charge on any atom is 0.251 e. The number of hydrogen-bond donors (Lipinski definition) is 3.